The summed E-state index contributed by atoms with van der Waals surface area (Å²) in [5, 5.41) is 0. The van der Waals surface area contributed by atoms with Gasteiger partial charge in [0.2, 0.25) is 0 Å². The summed E-state index contributed by atoms with van der Waals surface area (Å²) in [7, 11) is 0. The SMILES string of the molecule is Cc1cc(C)c(-c2ccc3c(c2)Cc2cc(-c4ccc5c(c4)Cc4cc(-c6ccc(-c7cc(-c8ccccc8)cc(-c8ccccc8)c7)cc6)ccc4-5)ccc2-3)c(C)c1. The van der Waals surface area contributed by atoms with Gasteiger partial charge in [-0.05, 0) is 174 Å². The van der Waals surface area contributed by atoms with Crippen LogP contribution in [0, 0.1) is 20.8 Å². The largest absolute Gasteiger partial charge is 0.0622 e. The van der Waals surface area contributed by atoms with Crippen molar-refractivity contribution in [1.29, 1.82) is 0 Å². The molecule has 9 aromatic rings. The minimum absolute atomic E-state index is 0.954. The maximum atomic E-state index is 2.43. The summed E-state index contributed by atoms with van der Waals surface area (Å²) >= 11 is 0. The highest BCUT2D eigenvalue weighted by Gasteiger charge is 2.23. The van der Waals surface area contributed by atoms with Gasteiger partial charge in [-0.15, -0.1) is 0 Å². The van der Waals surface area contributed by atoms with Crippen molar-refractivity contribution < 1.29 is 0 Å². The molecule has 0 aromatic heterocycles. The van der Waals surface area contributed by atoms with E-state index >= 15 is 0 Å². The topological polar surface area (TPSA) is 0 Å². The standard InChI is InChI=1S/C59H44/c1-37-26-38(2)59(39(3)27-37)47-21-25-58-54(31-47)36-53-30-46(20-24-57(53)58)45-19-23-56-52(29-45)35-51-28-44(18-22-55(51)56)42-14-16-43(17-15-42)50-33-48(40-10-6-4-7-11-40)32-49(34-50)41-12-8-5-9-13-41/h4-34H,35-36H2,1-3H3. The molecule has 0 amide bonds. The van der Waals surface area contributed by atoms with Crippen molar-refractivity contribution in [2.24, 2.45) is 0 Å². The predicted octanol–water partition coefficient (Wildman–Crippen LogP) is 15.8. The highest BCUT2D eigenvalue weighted by Crippen LogP contribution is 2.44. The van der Waals surface area contributed by atoms with Gasteiger partial charge in [-0.2, -0.15) is 0 Å². The van der Waals surface area contributed by atoms with Gasteiger partial charge in [-0.1, -0.05) is 175 Å². The number of aryl methyl sites for hydroxylation is 3. The molecule has 0 nitrogen and oxygen atoms in total. The van der Waals surface area contributed by atoms with Crippen LogP contribution in [0.5, 0.6) is 0 Å². The lowest BCUT2D eigenvalue weighted by molar-refractivity contribution is 1.25. The minimum Gasteiger partial charge on any atom is -0.0622 e. The molecule has 59 heavy (non-hydrogen) atoms. The maximum Gasteiger partial charge on any atom is -0.00130 e. The summed E-state index contributed by atoms with van der Waals surface area (Å²) in [5.41, 5.74) is 30.3. The van der Waals surface area contributed by atoms with E-state index in [1.165, 1.54) is 128 Å². The summed E-state index contributed by atoms with van der Waals surface area (Å²) in [5.74, 6) is 0. The van der Waals surface area contributed by atoms with E-state index in [9.17, 15) is 0 Å². The molecule has 0 fully saturated rings. The number of benzene rings is 9. The Kier molecular flexibility index (Phi) is 8.41. The van der Waals surface area contributed by atoms with Gasteiger partial charge in [0.25, 0.3) is 0 Å². The van der Waals surface area contributed by atoms with Gasteiger partial charge < -0.3 is 0 Å². The summed E-state index contributed by atoms with van der Waals surface area (Å²) in [4.78, 5) is 0. The lowest BCUT2D eigenvalue weighted by Gasteiger charge is -2.13. The molecule has 0 saturated heterocycles. The second-order valence-corrected chi connectivity index (χ2v) is 16.7. The molecule has 0 heterocycles. The van der Waals surface area contributed by atoms with Crippen LogP contribution in [0.4, 0.5) is 0 Å². The molecule has 0 aliphatic heterocycles. The molecule has 0 bridgehead atoms. The Morgan fingerprint density at radius 1 is 0.254 bits per heavy atom. The van der Waals surface area contributed by atoms with Crippen LogP contribution in [0.2, 0.25) is 0 Å². The highest BCUT2D eigenvalue weighted by molar-refractivity contribution is 5.87. The Hall–Kier alpha value is -7.02. The van der Waals surface area contributed by atoms with E-state index in [0.29, 0.717) is 0 Å². The Labute approximate surface area is 348 Å². The molecule has 9 aromatic carbocycles. The summed E-state index contributed by atoms with van der Waals surface area (Å²) in [6.07, 6.45) is 1.93. The lowest BCUT2D eigenvalue weighted by atomic mass is 9.92. The zero-order chi connectivity index (χ0) is 39.6. The third-order valence-corrected chi connectivity index (χ3v) is 12.8. The Morgan fingerprint density at radius 3 is 0.966 bits per heavy atom. The molecule has 2 aliphatic rings. The van der Waals surface area contributed by atoms with Crippen LogP contribution in [-0.4, -0.2) is 0 Å². The first-order valence-electron chi connectivity index (χ1n) is 20.9. The molecule has 0 spiro atoms. The molecular weight excluding hydrogens is 709 g/mol. The zero-order valence-electron chi connectivity index (χ0n) is 33.8. The number of fused-ring (bicyclic) bond motifs is 6. The number of rotatable bonds is 6. The van der Waals surface area contributed by atoms with Crippen molar-refractivity contribution >= 4 is 0 Å². The second-order valence-electron chi connectivity index (χ2n) is 16.7. The van der Waals surface area contributed by atoms with Gasteiger partial charge in [-0.3, -0.25) is 0 Å². The number of hydrogen-bond acceptors (Lipinski definition) is 0. The Balaban J connectivity index is 0.840. The van der Waals surface area contributed by atoms with E-state index < -0.39 is 0 Å². The minimum atomic E-state index is 0.954. The summed E-state index contributed by atoms with van der Waals surface area (Å²) < 4.78 is 0. The molecule has 0 saturated carbocycles. The molecular formula is C59H44. The van der Waals surface area contributed by atoms with Gasteiger partial charge in [0.05, 0.1) is 0 Å². The normalized spacial score (nSPS) is 12.2. The van der Waals surface area contributed by atoms with Crippen LogP contribution in [0.3, 0.4) is 0 Å². The molecule has 280 valence electrons. The highest BCUT2D eigenvalue weighted by atomic mass is 14.3. The Morgan fingerprint density at radius 2 is 0.559 bits per heavy atom. The van der Waals surface area contributed by atoms with Crippen LogP contribution in [0.25, 0.3) is 89.0 Å². The Bertz CT molecular complexity index is 3010. The van der Waals surface area contributed by atoms with Crippen LogP contribution in [-0.2, 0) is 12.8 Å². The van der Waals surface area contributed by atoms with E-state index in [-0.39, 0.29) is 0 Å². The van der Waals surface area contributed by atoms with Gasteiger partial charge in [-0.25, -0.2) is 0 Å². The van der Waals surface area contributed by atoms with Crippen LogP contribution in [0.1, 0.15) is 38.9 Å². The van der Waals surface area contributed by atoms with Crippen LogP contribution >= 0.6 is 0 Å². The van der Waals surface area contributed by atoms with E-state index in [4.69, 9.17) is 0 Å². The van der Waals surface area contributed by atoms with Gasteiger partial charge in [0.15, 0.2) is 0 Å². The summed E-state index contributed by atoms with van der Waals surface area (Å²) in [6.45, 7) is 6.67. The van der Waals surface area contributed by atoms with Crippen molar-refractivity contribution in [2.75, 3.05) is 0 Å². The molecule has 0 heteroatoms. The third kappa shape index (κ3) is 6.33. The fraction of sp³-hybridized carbons (Fsp3) is 0.0847. The first-order chi connectivity index (χ1) is 28.9. The van der Waals surface area contributed by atoms with E-state index in [2.05, 4.69) is 209 Å². The number of hydrogen-bond donors (Lipinski definition) is 0. The third-order valence-electron chi connectivity index (χ3n) is 12.8. The molecule has 11 rings (SSSR count). The average Bonchev–Trinajstić information content (AvgIpc) is 3.83. The van der Waals surface area contributed by atoms with Crippen molar-refractivity contribution in [2.45, 2.75) is 33.6 Å². The van der Waals surface area contributed by atoms with E-state index in [0.717, 1.165) is 12.8 Å². The van der Waals surface area contributed by atoms with E-state index in [1.54, 1.807) is 0 Å². The van der Waals surface area contributed by atoms with Crippen LogP contribution < -0.4 is 0 Å². The van der Waals surface area contributed by atoms with E-state index in [1.807, 2.05) is 0 Å². The quantitative estimate of drug-likeness (QED) is 0.159. The zero-order valence-corrected chi connectivity index (χ0v) is 33.8. The molecule has 0 unspecified atom stereocenters. The van der Waals surface area contributed by atoms with Gasteiger partial charge in [0, 0.05) is 0 Å². The molecule has 0 N–H and O–H groups in total. The first kappa shape index (κ1) is 35.2. The van der Waals surface area contributed by atoms with Crippen molar-refractivity contribution in [3.05, 3.63) is 227 Å². The molecule has 0 radical (unpaired) electrons. The van der Waals surface area contributed by atoms with Crippen molar-refractivity contribution in [1.82, 2.24) is 0 Å². The van der Waals surface area contributed by atoms with Gasteiger partial charge >= 0.3 is 0 Å². The van der Waals surface area contributed by atoms with Crippen molar-refractivity contribution in [3.63, 3.8) is 0 Å². The molecule has 0 atom stereocenters. The smallest absolute Gasteiger partial charge is 0.00130 e. The van der Waals surface area contributed by atoms with Gasteiger partial charge in [0.1, 0.15) is 0 Å². The van der Waals surface area contributed by atoms with Crippen molar-refractivity contribution in [3.8, 4) is 89.0 Å². The summed E-state index contributed by atoms with van der Waals surface area (Å²) in [6, 6.07) is 70.4. The molecule has 2 aliphatic carbocycles. The monoisotopic (exact) mass is 752 g/mol. The van der Waals surface area contributed by atoms with Crippen LogP contribution in [0.15, 0.2) is 188 Å². The average molecular weight is 753 g/mol. The maximum absolute atomic E-state index is 2.43. The lowest BCUT2D eigenvalue weighted by Crippen LogP contribution is -1.91. The fourth-order valence-corrected chi connectivity index (χ4v) is 9.99. The predicted molar refractivity (Wildman–Crippen MR) is 250 cm³/mol. The first-order valence-corrected chi connectivity index (χ1v) is 20.9. The second kappa shape index (κ2) is 14.1. The fourth-order valence-electron chi connectivity index (χ4n) is 9.99.